The van der Waals surface area contributed by atoms with E-state index in [-0.39, 0.29) is 45.1 Å². The van der Waals surface area contributed by atoms with E-state index in [9.17, 15) is 22.0 Å². The van der Waals surface area contributed by atoms with E-state index in [0.717, 1.165) is 28.7 Å². The lowest BCUT2D eigenvalue weighted by molar-refractivity contribution is -0.123. The van der Waals surface area contributed by atoms with Crippen molar-refractivity contribution in [3.63, 3.8) is 0 Å². The molecule has 1 amide bonds. The van der Waals surface area contributed by atoms with E-state index >= 15 is 0 Å². The maximum absolute atomic E-state index is 14.4. The highest BCUT2D eigenvalue weighted by molar-refractivity contribution is 7.91. The monoisotopic (exact) mass is 568 g/mol. The van der Waals surface area contributed by atoms with Crippen LogP contribution in [0, 0.1) is 17.6 Å². The number of carbonyl (C=O) groups excluding carboxylic acids is 1. The summed E-state index contributed by atoms with van der Waals surface area (Å²) < 4.78 is 56.5. The van der Waals surface area contributed by atoms with Crippen LogP contribution in [0.4, 0.5) is 13.9 Å². The van der Waals surface area contributed by atoms with Gasteiger partial charge in [-0.3, -0.25) is 14.7 Å². The Morgan fingerprint density at radius 2 is 2.06 bits per heavy atom. The molecule has 3 aromatic heterocycles. The largest absolute Gasteiger partial charge is 0.283 e. The highest BCUT2D eigenvalue weighted by atomic mass is 35.5. The maximum atomic E-state index is 14.4. The van der Waals surface area contributed by atoms with Crippen LogP contribution >= 0.6 is 34.3 Å². The molecule has 1 fully saturated rings. The van der Waals surface area contributed by atoms with Crippen LogP contribution in [0.3, 0.4) is 0 Å². The normalized spacial score (nSPS) is 16.9. The predicted octanol–water partition coefficient (Wildman–Crippen LogP) is 5.32. The number of thiophene rings is 1. The van der Waals surface area contributed by atoms with E-state index in [0.29, 0.717) is 22.7 Å². The number of carbonyl (C=O) groups is 1. The van der Waals surface area contributed by atoms with Gasteiger partial charge in [0.15, 0.2) is 10.9 Å². The Hall–Kier alpha value is -2.51. The zero-order valence-corrected chi connectivity index (χ0v) is 21.8. The minimum atomic E-state index is -3.81. The molecule has 1 aromatic carbocycles. The van der Waals surface area contributed by atoms with Gasteiger partial charge >= 0.3 is 0 Å². The van der Waals surface area contributed by atoms with Crippen LogP contribution in [0.25, 0.3) is 10.2 Å². The number of hydrogen-bond donors (Lipinski definition) is 0. The zero-order valence-electron chi connectivity index (χ0n) is 18.6. The van der Waals surface area contributed by atoms with Crippen molar-refractivity contribution in [2.45, 2.75) is 23.6 Å². The second kappa shape index (κ2) is 10.1. The maximum Gasteiger partial charge on any atom is 0.252 e. The third kappa shape index (κ3) is 5.00. The SMILES string of the molecule is O=C(C1CCCN(S(=O)(=O)c2ccc(Cl)s2)C1)N(Cc1cccnc1)c1nc2c(F)cc(F)cc2s1. The average molecular weight is 569 g/mol. The average Bonchev–Trinajstić information content (AvgIpc) is 3.50. The van der Waals surface area contributed by atoms with Crippen molar-refractivity contribution < 1.29 is 22.0 Å². The van der Waals surface area contributed by atoms with Gasteiger partial charge in [0.25, 0.3) is 10.0 Å². The number of rotatable bonds is 6. The van der Waals surface area contributed by atoms with E-state index in [1.54, 1.807) is 24.5 Å². The second-order valence-corrected chi connectivity index (χ2v) is 13.2. The van der Waals surface area contributed by atoms with Gasteiger partial charge < -0.3 is 0 Å². The van der Waals surface area contributed by atoms with Gasteiger partial charge in [-0.15, -0.1) is 11.3 Å². The fourth-order valence-electron chi connectivity index (χ4n) is 4.12. The fourth-order valence-corrected chi connectivity index (χ4v) is 8.29. The minimum absolute atomic E-state index is 0.00584. The summed E-state index contributed by atoms with van der Waals surface area (Å²) in [5, 5.41) is 0.202. The first-order chi connectivity index (χ1) is 17.2. The van der Waals surface area contributed by atoms with Crippen LogP contribution in [0.15, 0.2) is 53.0 Å². The van der Waals surface area contributed by atoms with E-state index in [1.165, 1.54) is 27.4 Å². The van der Waals surface area contributed by atoms with E-state index in [4.69, 9.17) is 11.6 Å². The summed E-state index contributed by atoms with van der Waals surface area (Å²) in [5.41, 5.74) is 0.688. The summed E-state index contributed by atoms with van der Waals surface area (Å²) in [6.45, 7) is 0.379. The molecule has 1 aliphatic rings. The molecule has 4 aromatic rings. The van der Waals surface area contributed by atoms with Crippen LogP contribution in [0.5, 0.6) is 0 Å². The van der Waals surface area contributed by atoms with Crippen LogP contribution < -0.4 is 4.90 Å². The molecule has 0 aliphatic carbocycles. The molecule has 0 N–H and O–H groups in total. The first-order valence-electron chi connectivity index (χ1n) is 10.9. The standard InChI is InChI=1S/C23H19ClF2N4O3S3/c24-19-5-6-20(35-19)36(32,33)29-8-2-4-15(13-29)22(31)30(12-14-3-1-7-27-11-14)23-28-21-17(26)9-16(25)10-18(21)34-23/h1,3,5-7,9-11,15H,2,4,8,12-13H2. The molecular formula is C23H19ClF2N4O3S3. The Bertz CT molecular complexity index is 1530. The van der Waals surface area contributed by atoms with Crippen molar-refractivity contribution in [2.75, 3.05) is 18.0 Å². The number of anilines is 1. The summed E-state index contributed by atoms with van der Waals surface area (Å²) in [4.78, 5) is 23.6. The smallest absolute Gasteiger partial charge is 0.252 e. The number of sulfonamides is 1. The zero-order chi connectivity index (χ0) is 25.4. The molecule has 1 unspecified atom stereocenters. The van der Waals surface area contributed by atoms with Crippen LogP contribution in [0.1, 0.15) is 18.4 Å². The van der Waals surface area contributed by atoms with Crippen LogP contribution in [-0.4, -0.2) is 41.7 Å². The summed E-state index contributed by atoms with van der Waals surface area (Å²) in [7, 11) is -3.81. The van der Waals surface area contributed by atoms with Crippen molar-refractivity contribution in [1.82, 2.24) is 14.3 Å². The first kappa shape index (κ1) is 25.2. The fraction of sp³-hybridized carbons (Fsp3) is 0.261. The Morgan fingerprint density at radius 1 is 1.22 bits per heavy atom. The first-order valence-corrected chi connectivity index (χ1v) is 14.4. The van der Waals surface area contributed by atoms with Crippen molar-refractivity contribution in [1.29, 1.82) is 0 Å². The molecular weight excluding hydrogens is 550 g/mol. The highest BCUT2D eigenvalue weighted by Crippen LogP contribution is 2.35. The van der Waals surface area contributed by atoms with Gasteiger partial charge in [-0.05, 0) is 42.7 Å². The molecule has 1 saturated heterocycles. The van der Waals surface area contributed by atoms with Gasteiger partial charge in [0.1, 0.15) is 15.5 Å². The lowest BCUT2D eigenvalue weighted by Gasteiger charge is -2.33. The second-order valence-electron chi connectivity index (χ2n) is 8.28. The van der Waals surface area contributed by atoms with Gasteiger partial charge in [-0.1, -0.05) is 29.0 Å². The molecule has 1 aliphatic heterocycles. The quantitative estimate of drug-likeness (QED) is 0.314. The summed E-state index contributed by atoms with van der Waals surface area (Å²) in [6.07, 6.45) is 4.18. The lowest BCUT2D eigenvalue weighted by atomic mass is 9.98. The topological polar surface area (TPSA) is 83.5 Å². The van der Waals surface area contributed by atoms with Gasteiger partial charge in [0.05, 0.1) is 21.5 Å². The number of pyridine rings is 1. The number of benzene rings is 1. The number of aromatic nitrogens is 2. The molecule has 4 heterocycles. The van der Waals surface area contributed by atoms with Gasteiger partial charge in [0, 0.05) is 31.5 Å². The van der Waals surface area contributed by atoms with Crippen molar-refractivity contribution in [2.24, 2.45) is 5.92 Å². The van der Waals surface area contributed by atoms with Gasteiger partial charge in [0.2, 0.25) is 5.91 Å². The lowest BCUT2D eigenvalue weighted by Crippen LogP contribution is -2.46. The third-order valence-corrected chi connectivity index (χ3v) is 10.4. The number of thiazole rings is 1. The molecule has 5 rings (SSSR count). The molecule has 188 valence electrons. The minimum Gasteiger partial charge on any atom is -0.283 e. The Balaban J connectivity index is 1.47. The molecule has 0 radical (unpaired) electrons. The molecule has 1 atom stereocenters. The number of amides is 1. The summed E-state index contributed by atoms with van der Waals surface area (Å²) in [5.74, 6) is -2.54. The number of hydrogen-bond acceptors (Lipinski definition) is 7. The number of fused-ring (bicyclic) bond motifs is 1. The molecule has 0 bridgehead atoms. The van der Waals surface area contributed by atoms with Gasteiger partial charge in [-0.25, -0.2) is 22.2 Å². The Kier molecular flexibility index (Phi) is 7.05. The molecule has 36 heavy (non-hydrogen) atoms. The molecule has 13 heteroatoms. The summed E-state index contributed by atoms with van der Waals surface area (Å²) >= 11 is 7.91. The van der Waals surface area contributed by atoms with Crippen molar-refractivity contribution in [3.8, 4) is 0 Å². The Morgan fingerprint density at radius 3 is 2.78 bits per heavy atom. The summed E-state index contributed by atoms with van der Waals surface area (Å²) in [6, 6.07) is 8.42. The highest BCUT2D eigenvalue weighted by Gasteiger charge is 2.37. The number of piperidine rings is 1. The third-order valence-electron chi connectivity index (χ3n) is 5.84. The number of halogens is 3. The molecule has 7 nitrogen and oxygen atoms in total. The van der Waals surface area contributed by atoms with E-state index < -0.39 is 27.6 Å². The van der Waals surface area contributed by atoms with E-state index in [2.05, 4.69) is 9.97 Å². The van der Waals surface area contributed by atoms with Gasteiger partial charge in [-0.2, -0.15) is 4.31 Å². The number of nitrogens with zero attached hydrogens (tertiary/aromatic N) is 4. The van der Waals surface area contributed by atoms with Crippen LogP contribution in [0.2, 0.25) is 4.34 Å². The van der Waals surface area contributed by atoms with E-state index in [1.807, 2.05) is 0 Å². The van der Waals surface area contributed by atoms with Crippen molar-refractivity contribution in [3.05, 3.63) is 70.3 Å². The molecule has 0 spiro atoms. The van der Waals surface area contributed by atoms with Crippen LogP contribution in [-0.2, 0) is 21.4 Å². The Labute approximate surface area is 219 Å². The molecule has 0 saturated carbocycles. The predicted molar refractivity (Wildman–Crippen MR) is 136 cm³/mol. The van der Waals surface area contributed by atoms with Crippen molar-refractivity contribution >= 4 is 65.6 Å².